The molecule has 0 aliphatic rings. The molecule has 0 saturated carbocycles. The fourth-order valence-corrected chi connectivity index (χ4v) is 1.56. The van der Waals surface area contributed by atoms with Gasteiger partial charge < -0.3 is 10.2 Å². The topological polar surface area (TPSA) is 73.1 Å². The van der Waals surface area contributed by atoms with Gasteiger partial charge in [-0.05, 0) is 32.9 Å². The molecule has 18 heavy (non-hydrogen) atoms. The number of nitrogen functional groups attached to an aromatic ring is 1. The van der Waals surface area contributed by atoms with Gasteiger partial charge in [0.05, 0.1) is 5.56 Å². The van der Waals surface area contributed by atoms with Crippen LogP contribution in [0.4, 0.5) is 5.82 Å². The lowest BCUT2D eigenvalue weighted by Gasteiger charge is -2.11. The highest BCUT2D eigenvalue weighted by atomic mass is 16.5. The Morgan fingerprint density at radius 2 is 1.72 bits per heavy atom. The van der Waals surface area contributed by atoms with Gasteiger partial charge in [0.1, 0.15) is 17.4 Å². The molecule has 2 aromatic rings. The van der Waals surface area contributed by atoms with Crippen molar-refractivity contribution in [1.29, 1.82) is 0 Å². The third-order valence-corrected chi connectivity index (χ3v) is 2.59. The Labute approximate surface area is 106 Å². The summed E-state index contributed by atoms with van der Waals surface area (Å²) < 4.78 is 5.74. The van der Waals surface area contributed by atoms with Crippen LogP contribution in [0, 0.1) is 20.8 Å². The summed E-state index contributed by atoms with van der Waals surface area (Å²) in [7, 11) is 0. The summed E-state index contributed by atoms with van der Waals surface area (Å²) in [6.45, 7) is 5.68. The number of hydrogen-bond acceptors (Lipinski definition) is 5. The number of nitrogens with zero attached hydrogens (tertiary/aromatic N) is 2. The average molecular weight is 244 g/mol. The minimum absolute atomic E-state index is 0.513. The van der Waals surface area contributed by atoms with Gasteiger partial charge in [0.15, 0.2) is 0 Å². The fourth-order valence-electron chi connectivity index (χ4n) is 1.56. The van der Waals surface area contributed by atoms with E-state index in [1.807, 2.05) is 38.1 Å². The normalized spacial score (nSPS) is 10.2. The zero-order valence-electron chi connectivity index (χ0n) is 10.7. The molecule has 0 radical (unpaired) electrons. The van der Waals surface area contributed by atoms with Crippen molar-refractivity contribution in [3.63, 3.8) is 0 Å². The lowest BCUT2D eigenvalue weighted by atomic mass is 10.2. The summed E-state index contributed by atoms with van der Waals surface area (Å²) in [5, 5.41) is 0. The Bertz CT molecular complexity index is 552. The summed E-state index contributed by atoms with van der Waals surface area (Å²) in [6.07, 6.45) is 0. The second-order valence-corrected chi connectivity index (χ2v) is 4.11. The molecule has 3 N–H and O–H groups in total. The van der Waals surface area contributed by atoms with Gasteiger partial charge in [0.2, 0.25) is 5.88 Å². The van der Waals surface area contributed by atoms with Gasteiger partial charge in [-0.15, -0.1) is 0 Å². The first-order valence-electron chi connectivity index (χ1n) is 5.66. The Balaban J connectivity index is 2.34. The van der Waals surface area contributed by atoms with Crippen molar-refractivity contribution in [2.24, 2.45) is 5.84 Å². The second kappa shape index (κ2) is 5.01. The Kier molecular flexibility index (Phi) is 3.43. The zero-order valence-corrected chi connectivity index (χ0v) is 10.7. The lowest BCUT2D eigenvalue weighted by Crippen LogP contribution is -2.12. The van der Waals surface area contributed by atoms with Gasteiger partial charge in [-0.3, -0.25) is 0 Å². The predicted octanol–water partition coefficient (Wildman–Crippen LogP) is 2.48. The number of aryl methyl sites for hydroxylation is 2. The number of benzene rings is 1. The molecule has 1 aromatic carbocycles. The standard InChI is InChI=1S/C13H16N4O/c1-8-4-6-11(7-5-8)18-13-9(2)12(17-14)15-10(3)16-13/h4-7H,14H2,1-3H3,(H,15,16,17). The van der Waals surface area contributed by atoms with E-state index < -0.39 is 0 Å². The van der Waals surface area contributed by atoms with E-state index >= 15 is 0 Å². The first-order chi connectivity index (χ1) is 8.60. The van der Waals surface area contributed by atoms with Gasteiger partial charge in [-0.2, -0.15) is 4.98 Å². The minimum Gasteiger partial charge on any atom is -0.439 e. The molecule has 0 amide bonds. The van der Waals surface area contributed by atoms with E-state index in [9.17, 15) is 0 Å². The quantitative estimate of drug-likeness (QED) is 0.641. The molecule has 0 spiro atoms. The molecule has 1 aromatic heterocycles. The molecule has 0 fully saturated rings. The van der Waals surface area contributed by atoms with E-state index in [4.69, 9.17) is 10.6 Å². The van der Waals surface area contributed by atoms with Gasteiger partial charge in [-0.1, -0.05) is 17.7 Å². The summed E-state index contributed by atoms with van der Waals surface area (Å²) >= 11 is 0. The Morgan fingerprint density at radius 1 is 1.06 bits per heavy atom. The van der Waals surface area contributed by atoms with Gasteiger partial charge in [-0.25, -0.2) is 10.8 Å². The zero-order chi connectivity index (χ0) is 13.1. The van der Waals surface area contributed by atoms with Crippen molar-refractivity contribution in [2.45, 2.75) is 20.8 Å². The van der Waals surface area contributed by atoms with Crippen molar-refractivity contribution in [3.8, 4) is 11.6 Å². The van der Waals surface area contributed by atoms with E-state index in [1.165, 1.54) is 5.56 Å². The lowest BCUT2D eigenvalue weighted by molar-refractivity contribution is 0.456. The molecule has 5 heteroatoms. The van der Waals surface area contributed by atoms with E-state index in [0.717, 1.165) is 11.3 Å². The molecule has 0 bridgehead atoms. The maximum atomic E-state index is 5.74. The van der Waals surface area contributed by atoms with Crippen molar-refractivity contribution in [1.82, 2.24) is 9.97 Å². The first-order valence-corrected chi connectivity index (χ1v) is 5.66. The molecular formula is C13H16N4O. The molecule has 0 aliphatic carbocycles. The van der Waals surface area contributed by atoms with Crippen LogP contribution in [-0.4, -0.2) is 9.97 Å². The van der Waals surface area contributed by atoms with Crippen molar-refractivity contribution in [3.05, 3.63) is 41.2 Å². The van der Waals surface area contributed by atoms with Crippen molar-refractivity contribution >= 4 is 5.82 Å². The van der Waals surface area contributed by atoms with Crippen LogP contribution < -0.4 is 16.0 Å². The molecular weight excluding hydrogens is 228 g/mol. The second-order valence-electron chi connectivity index (χ2n) is 4.11. The van der Waals surface area contributed by atoms with Crippen LogP contribution in [-0.2, 0) is 0 Å². The molecule has 94 valence electrons. The molecule has 2 rings (SSSR count). The highest BCUT2D eigenvalue weighted by Gasteiger charge is 2.10. The number of anilines is 1. The monoisotopic (exact) mass is 244 g/mol. The molecule has 1 heterocycles. The molecule has 0 atom stereocenters. The third kappa shape index (κ3) is 2.57. The number of rotatable bonds is 3. The van der Waals surface area contributed by atoms with Crippen LogP contribution in [0.1, 0.15) is 17.0 Å². The fraction of sp³-hybridized carbons (Fsp3) is 0.231. The number of nitrogens with one attached hydrogen (secondary N) is 1. The summed E-state index contributed by atoms with van der Waals surface area (Å²) in [5.41, 5.74) is 4.50. The SMILES string of the molecule is Cc1ccc(Oc2nc(C)nc(NN)c2C)cc1. The number of hydrazine groups is 1. The minimum atomic E-state index is 0.513. The van der Waals surface area contributed by atoms with Crippen LogP contribution in [0.3, 0.4) is 0 Å². The Morgan fingerprint density at radius 3 is 2.33 bits per heavy atom. The highest BCUT2D eigenvalue weighted by Crippen LogP contribution is 2.26. The van der Waals surface area contributed by atoms with Gasteiger partial charge in [0, 0.05) is 0 Å². The first kappa shape index (κ1) is 12.3. The molecule has 5 nitrogen and oxygen atoms in total. The van der Waals surface area contributed by atoms with Crippen LogP contribution in [0.25, 0.3) is 0 Å². The largest absolute Gasteiger partial charge is 0.439 e. The van der Waals surface area contributed by atoms with E-state index in [-0.39, 0.29) is 0 Å². The van der Waals surface area contributed by atoms with Crippen LogP contribution >= 0.6 is 0 Å². The third-order valence-electron chi connectivity index (χ3n) is 2.59. The van der Waals surface area contributed by atoms with Gasteiger partial charge in [0.25, 0.3) is 0 Å². The van der Waals surface area contributed by atoms with E-state index in [2.05, 4.69) is 15.4 Å². The van der Waals surface area contributed by atoms with E-state index in [1.54, 1.807) is 6.92 Å². The number of aromatic nitrogens is 2. The molecule has 0 saturated heterocycles. The highest BCUT2D eigenvalue weighted by molar-refractivity contribution is 5.48. The van der Waals surface area contributed by atoms with Crippen molar-refractivity contribution < 1.29 is 4.74 Å². The summed E-state index contributed by atoms with van der Waals surface area (Å²) in [6, 6.07) is 7.78. The summed E-state index contributed by atoms with van der Waals surface area (Å²) in [4.78, 5) is 8.45. The van der Waals surface area contributed by atoms with Gasteiger partial charge >= 0.3 is 0 Å². The van der Waals surface area contributed by atoms with Crippen LogP contribution in [0.2, 0.25) is 0 Å². The predicted molar refractivity (Wildman–Crippen MR) is 70.6 cm³/mol. The molecule has 0 unspecified atom stereocenters. The number of ether oxygens (including phenoxy) is 1. The van der Waals surface area contributed by atoms with Crippen LogP contribution in [0.5, 0.6) is 11.6 Å². The van der Waals surface area contributed by atoms with Crippen LogP contribution in [0.15, 0.2) is 24.3 Å². The maximum absolute atomic E-state index is 5.74. The van der Waals surface area contributed by atoms with E-state index in [0.29, 0.717) is 17.5 Å². The number of hydrogen-bond donors (Lipinski definition) is 2. The maximum Gasteiger partial charge on any atom is 0.227 e. The average Bonchev–Trinajstić information content (AvgIpc) is 2.36. The van der Waals surface area contributed by atoms with Crippen molar-refractivity contribution in [2.75, 3.05) is 5.43 Å². The number of nitrogens with two attached hydrogens (primary N) is 1. The summed E-state index contributed by atoms with van der Waals surface area (Å²) in [5.74, 6) is 7.84. The smallest absolute Gasteiger partial charge is 0.227 e. The Hall–Kier alpha value is -2.14. The molecule has 0 aliphatic heterocycles.